The van der Waals surface area contributed by atoms with Crippen LogP contribution in [0.2, 0.25) is 0 Å². The fraction of sp³-hybridized carbons (Fsp3) is 0.125. The van der Waals surface area contributed by atoms with Gasteiger partial charge in [-0.05, 0) is 18.2 Å². The number of pyridine rings is 1. The van der Waals surface area contributed by atoms with Crippen LogP contribution in [0.3, 0.4) is 0 Å². The van der Waals surface area contributed by atoms with Gasteiger partial charge in [0.05, 0.1) is 30.8 Å². The fourth-order valence-corrected chi connectivity index (χ4v) is 2.64. The molecule has 120 valence electrons. The molecular weight excluding hydrogens is 310 g/mol. The van der Waals surface area contributed by atoms with Crippen molar-refractivity contribution in [2.24, 2.45) is 0 Å². The van der Waals surface area contributed by atoms with Crippen molar-refractivity contribution in [1.82, 2.24) is 24.1 Å². The van der Waals surface area contributed by atoms with Gasteiger partial charge in [0.15, 0.2) is 0 Å². The summed E-state index contributed by atoms with van der Waals surface area (Å²) in [4.78, 5) is 21.1. The molecule has 24 heavy (non-hydrogen) atoms. The van der Waals surface area contributed by atoms with Crippen LogP contribution in [0.4, 0.5) is 0 Å². The SMILES string of the molecule is COc1ccc(-n2ccc3c(cnc4ncnn43)c2=O)c(OC)c1. The van der Waals surface area contributed by atoms with Gasteiger partial charge in [0, 0.05) is 18.5 Å². The first-order chi connectivity index (χ1) is 11.7. The maximum atomic E-state index is 12.9. The fourth-order valence-electron chi connectivity index (χ4n) is 2.64. The normalized spacial score (nSPS) is 11.1. The standard InChI is InChI=1S/C16H13N5O3/c1-23-10-3-4-13(14(7-10)24-2)20-6-5-12-11(15(20)22)8-17-16-18-9-19-21(12)16/h3-9H,1-2H3. The molecule has 0 N–H and O–H groups in total. The van der Waals surface area contributed by atoms with E-state index in [-0.39, 0.29) is 5.56 Å². The van der Waals surface area contributed by atoms with Gasteiger partial charge in [0.1, 0.15) is 17.8 Å². The third-order valence-electron chi connectivity index (χ3n) is 3.82. The Bertz CT molecular complexity index is 1120. The molecule has 0 radical (unpaired) electrons. The zero-order chi connectivity index (χ0) is 16.7. The van der Waals surface area contributed by atoms with Gasteiger partial charge >= 0.3 is 0 Å². The molecule has 0 amide bonds. The van der Waals surface area contributed by atoms with Gasteiger partial charge in [-0.1, -0.05) is 0 Å². The van der Waals surface area contributed by atoms with Crippen molar-refractivity contribution in [3.8, 4) is 17.2 Å². The molecule has 0 bridgehead atoms. The van der Waals surface area contributed by atoms with E-state index in [2.05, 4.69) is 15.1 Å². The highest BCUT2D eigenvalue weighted by Crippen LogP contribution is 2.27. The molecule has 8 nitrogen and oxygen atoms in total. The van der Waals surface area contributed by atoms with Gasteiger partial charge in [-0.2, -0.15) is 14.6 Å². The van der Waals surface area contributed by atoms with Gasteiger partial charge in [0.25, 0.3) is 11.3 Å². The highest BCUT2D eigenvalue weighted by molar-refractivity contribution is 5.79. The molecule has 3 heterocycles. The Labute approximate surface area is 135 Å². The summed E-state index contributed by atoms with van der Waals surface area (Å²) in [6.07, 6.45) is 4.59. The second kappa shape index (κ2) is 5.34. The molecule has 3 aromatic heterocycles. The van der Waals surface area contributed by atoms with Gasteiger partial charge in [0.2, 0.25) is 0 Å². The second-order valence-corrected chi connectivity index (χ2v) is 5.06. The van der Waals surface area contributed by atoms with E-state index in [9.17, 15) is 4.79 Å². The first kappa shape index (κ1) is 14.2. The Morgan fingerprint density at radius 1 is 1.08 bits per heavy atom. The van der Waals surface area contributed by atoms with Crippen LogP contribution in [0.1, 0.15) is 0 Å². The average Bonchev–Trinajstić information content (AvgIpc) is 3.10. The number of methoxy groups -OCH3 is 2. The van der Waals surface area contributed by atoms with E-state index in [4.69, 9.17) is 9.47 Å². The molecule has 0 atom stereocenters. The molecule has 4 rings (SSSR count). The van der Waals surface area contributed by atoms with Crippen LogP contribution < -0.4 is 15.0 Å². The first-order valence-electron chi connectivity index (χ1n) is 7.15. The van der Waals surface area contributed by atoms with Crippen molar-refractivity contribution in [2.45, 2.75) is 0 Å². The molecule has 0 saturated heterocycles. The Morgan fingerprint density at radius 3 is 2.75 bits per heavy atom. The Kier molecular flexibility index (Phi) is 3.16. The van der Waals surface area contributed by atoms with Crippen LogP contribution in [0.15, 0.2) is 47.8 Å². The van der Waals surface area contributed by atoms with Gasteiger partial charge in [-0.15, -0.1) is 0 Å². The highest BCUT2D eigenvalue weighted by Gasteiger charge is 2.13. The molecular formula is C16H13N5O3. The Hall–Kier alpha value is -3.42. The van der Waals surface area contributed by atoms with Gasteiger partial charge in [-0.3, -0.25) is 9.36 Å². The minimum absolute atomic E-state index is 0.221. The minimum atomic E-state index is -0.221. The lowest BCUT2D eigenvalue weighted by Crippen LogP contribution is -2.19. The van der Waals surface area contributed by atoms with Crippen molar-refractivity contribution in [3.05, 3.63) is 53.3 Å². The zero-order valence-corrected chi connectivity index (χ0v) is 13.0. The smallest absolute Gasteiger partial charge is 0.266 e. The quantitative estimate of drug-likeness (QED) is 0.567. The lowest BCUT2D eigenvalue weighted by Gasteiger charge is -2.13. The minimum Gasteiger partial charge on any atom is -0.497 e. The van der Waals surface area contributed by atoms with Gasteiger partial charge < -0.3 is 9.47 Å². The lowest BCUT2D eigenvalue weighted by atomic mass is 10.2. The number of aromatic nitrogens is 5. The number of nitrogens with zero attached hydrogens (tertiary/aromatic N) is 5. The van der Waals surface area contributed by atoms with E-state index in [1.54, 1.807) is 44.7 Å². The second-order valence-electron chi connectivity index (χ2n) is 5.06. The summed E-state index contributed by atoms with van der Waals surface area (Å²) >= 11 is 0. The summed E-state index contributed by atoms with van der Waals surface area (Å²) < 4.78 is 13.6. The summed E-state index contributed by atoms with van der Waals surface area (Å²) in [6.45, 7) is 0. The van der Waals surface area contributed by atoms with Gasteiger partial charge in [-0.25, -0.2) is 4.98 Å². The largest absolute Gasteiger partial charge is 0.497 e. The number of rotatable bonds is 3. The summed E-state index contributed by atoms with van der Waals surface area (Å²) in [5.41, 5.74) is 1.04. The highest BCUT2D eigenvalue weighted by atomic mass is 16.5. The molecule has 0 aliphatic carbocycles. The van der Waals surface area contributed by atoms with Crippen molar-refractivity contribution in [2.75, 3.05) is 14.2 Å². The summed E-state index contributed by atoms with van der Waals surface area (Å²) in [7, 11) is 3.12. The maximum absolute atomic E-state index is 12.9. The molecule has 0 spiro atoms. The summed E-state index contributed by atoms with van der Waals surface area (Å²) in [5.74, 6) is 1.63. The molecule has 0 unspecified atom stereocenters. The third-order valence-corrected chi connectivity index (χ3v) is 3.82. The van der Waals surface area contributed by atoms with E-state index in [1.165, 1.54) is 21.6 Å². The molecule has 0 fully saturated rings. The number of hydrogen-bond donors (Lipinski definition) is 0. The number of hydrogen-bond acceptors (Lipinski definition) is 6. The van der Waals surface area contributed by atoms with Crippen molar-refractivity contribution < 1.29 is 9.47 Å². The average molecular weight is 323 g/mol. The van der Waals surface area contributed by atoms with Crippen molar-refractivity contribution in [1.29, 1.82) is 0 Å². The zero-order valence-electron chi connectivity index (χ0n) is 13.0. The number of ether oxygens (including phenoxy) is 2. The van der Waals surface area contributed by atoms with Crippen LogP contribution in [-0.2, 0) is 0 Å². The van der Waals surface area contributed by atoms with Crippen molar-refractivity contribution in [3.63, 3.8) is 0 Å². The molecule has 8 heteroatoms. The Balaban J connectivity index is 2.00. The molecule has 1 aromatic carbocycles. The van der Waals surface area contributed by atoms with Crippen LogP contribution in [0.25, 0.3) is 22.4 Å². The number of benzene rings is 1. The Morgan fingerprint density at radius 2 is 1.96 bits per heavy atom. The predicted octanol–water partition coefficient (Wildman–Crippen LogP) is 1.45. The first-order valence-corrected chi connectivity index (χ1v) is 7.15. The summed E-state index contributed by atoms with van der Waals surface area (Å²) in [6, 6.07) is 7.06. The number of fused-ring (bicyclic) bond motifs is 3. The molecule has 4 aromatic rings. The summed E-state index contributed by atoms with van der Waals surface area (Å²) in [5, 5.41) is 4.54. The topological polar surface area (TPSA) is 83.5 Å². The molecule has 0 saturated carbocycles. The molecule has 0 aliphatic heterocycles. The van der Waals surface area contributed by atoms with Crippen LogP contribution in [-0.4, -0.2) is 38.4 Å². The van der Waals surface area contributed by atoms with Crippen LogP contribution >= 0.6 is 0 Å². The van der Waals surface area contributed by atoms with Crippen molar-refractivity contribution >= 4 is 16.7 Å². The van der Waals surface area contributed by atoms with E-state index >= 15 is 0 Å². The van der Waals surface area contributed by atoms with E-state index in [1.807, 2.05) is 0 Å². The third kappa shape index (κ3) is 2.00. The lowest BCUT2D eigenvalue weighted by molar-refractivity contribution is 0.393. The molecule has 0 aliphatic rings. The monoisotopic (exact) mass is 323 g/mol. The van der Waals surface area contributed by atoms with Crippen LogP contribution in [0.5, 0.6) is 11.5 Å². The predicted molar refractivity (Wildman–Crippen MR) is 87.0 cm³/mol. The maximum Gasteiger partial charge on any atom is 0.266 e. The van der Waals surface area contributed by atoms with E-state index < -0.39 is 0 Å². The van der Waals surface area contributed by atoms with E-state index in [0.29, 0.717) is 33.9 Å². The van der Waals surface area contributed by atoms with E-state index in [0.717, 1.165) is 0 Å². The van der Waals surface area contributed by atoms with Crippen LogP contribution in [0, 0.1) is 0 Å².